The van der Waals surface area contributed by atoms with Gasteiger partial charge >= 0.3 is 5.97 Å². The monoisotopic (exact) mass is 344 g/mol. The number of carbonyl (C=O) groups excluding carboxylic acids is 1. The van der Waals surface area contributed by atoms with Crippen LogP contribution in [0.5, 0.6) is 0 Å². The molecule has 24 heavy (non-hydrogen) atoms. The molecular formula is C19H24N2O2S. The number of hydrogen-bond donors (Lipinski definition) is 0. The van der Waals surface area contributed by atoms with Crippen molar-refractivity contribution in [3.05, 3.63) is 47.2 Å². The predicted octanol–water partition coefficient (Wildman–Crippen LogP) is 4.89. The van der Waals surface area contributed by atoms with Gasteiger partial charge in [-0.05, 0) is 19.8 Å². The number of fused-ring (bicyclic) bond motifs is 1. The van der Waals surface area contributed by atoms with E-state index >= 15 is 0 Å². The molecule has 1 aliphatic heterocycles. The highest BCUT2D eigenvalue weighted by Crippen LogP contribution is 2.43. The first-order chi connectivity index (χ1) is 11.7. The smallest absolute Gasteiger partial charge is 0.359 e. The van der Waals surface area contributed by atoms with E-state index < -0.39 is 0 Å². The second kappa shape index (κ2) is 7.43. The number of rotatable bonds is 5. The Morgan fingerprint density at radius 2 is 2.08 bits per heavy atom. The summed E-state index contributed by atoms with van der Waals surface area (Å²) in [7, 11) is 0. The Morgan fingerprint density at radius 1 is 1.33 bits per heavy atom. The Labute approximate surface area is 147 Å². The minimum atomic E-state index is -0.325. The zero-order valence-corrected chi connectivity index (χ0v) is 15.0. The van der Waals surface area contributed by atoms with Gasteiger partial charge in [-0.15, -0.1) is 11.8 Å². The number of carbonyl (C=O) groups is 1. The third-order valence-electron chi connectivity index (χ3n) is 4.68. The Hall–Kier alpha value is -1.75. The van der Waals surface area contributed by atoms with Crippen LogP contribution < -0.4 is 0 Å². The molecule has 4 nitrogen and oxygen atoms in total. The van der Waals surface area contributed by atoms with E-state index in [1.807, 2.05) is 19.1 Å². The highest BCUT2D eigenvalue weighted by atomic mass is 32.2. The molecule has 0 spiro atoms. The topological polar surface area (TPSA) is 44.1 Å². The summed E-state index contributed by atoms with van der Waals surface area (Å²) in [5, 5.41) is 4.71. The first kappa shape index (κ1) is 17.1. The molecule has 0 saturated heterocycles. The first-order valence-corrected chi connectivity index (χ1v) is 9.60. The van der Waals surface area contributed by atoms with Gasteiger partial charge in [0.25, 0.3) is 0 Å². The Bertz CT molecular complexity index is 696. The molecule has 0 N–H and O–H groups in total. The lowest BCUT2D eigenvalue weighted by Gasteiger charge is -2.26. The van der Waals surface area contributed by atoms with E-state index in [1.165, 1.54) is 19.3 Å². The Balaban J connectivity index is 2.15. The zero-order chi connectivity index (χ0) is 17.1. The summed E-state index contributed by atoms with van der Waals surface area (Å²) in [4.78, 5) is 13.5. The number of hydrogen-bond acceptors (Lipinski definition) is 4. The van der Waals surface area contributed by atoms with E-state index in [0.29, 0.717) is 18.3 Å². The molecule has 2 heterocycles. The van der Waals surface area contributed by atoms with Gasteiger partial charge in [0.1, 0.15) is 0 Å². The van der Waals surface area contributed by atoms with Gasteiger partial charge in [-0.1, -0.05) is 44.6 Å². The van der Waals surface area contributed by atoms with Crippen LogP contribution >= 0.6 is 11.8 Å². The molecular weight excluding hydrogens is 320 g/mol. The van der Waals surface area contributed by atoms with Gasteiger partial charge in [-0.25, -0.2) is 4.79 Å². The van der Waals surface area contributed by atoms with E-state index in [2.05, 4.69) is 17.8 Å². The van der Waals surface area contributed by atoms with E-state index in [0.717, 1.165) is 40.3 Å². The largest absolute Gasteiger partial charge is 0.461 e. The van der Waals surface area contributed by atoms with E-state index in [-0.39, 0.29) is 5.97 Å². The quantitative estimate of drug-likeness (QED) is 0.713. The van der Waals surface area contributed by atoms with Crippen molar-refractivity contribution in [2.75, 3.05) is 6.61 Å². The maximum atomic E-state index is 12.4. The predicted molar refractivity (Wildman–Crippen MR) is 98.9 cm³/mol. The molecule has 1 aromatic rings. The molecule has 0 aromatic carbocycles. The van der Waals surface area contributed by atoms with Crippen LogP contribution in [-0.4, -0.2) is 22.4 Å². The first-order valence-electron chi connectivity index (χ1n) is 8.62. The summed E-state index contributed by atoms with van der Waals surface area (Å²) in [5.74, 6) is 0.393. The average molecular weight is 344 g/mol. The van der Waals surface area contributed by atoms with Crippen LogP contribution in [0.25, 0.3) is 5.57 Å². The normalized spacial score (nSPS) is 18.2. The molecule has 0 amide bonds. The standard InChI is InChI=1S/C19H24N2O2S/c1-4-14-16(5-2)24-12-15-17(19(22)23-6-3)20-21(18(14)15)13-10-8-7-9-11-13/h4-5,13H,1-2,6-12H2,3H3. The molecule has 1 aromatic heterocycles. The molecule has 2 aliphatic rings. The van der Waals surface area contributed by atoms with Gasteiger partial charge in [0, 0.05) is 21.8 Å². The summed E-state index contributed by atoms with van der Waals surface area (Å²) >= 11 is 1.68. The van der Waals surface area contributed by atoms with Crippen molar-refractivity contribution >= 4 is 23.3 Å². The second-order valence-electron chi connectivity index (χ2n) is 6.11. The lowest BCUT2D eigenvalue weighted by Crippen LogP contribution is -2.17. The molecule has 0 bridgehead atoms. The average Bonchev–Trinajstić information content (AvgIpc) is 3.01. The van der Waals surface area contributed by atoms with Gasteiger partial charge in [-0.2, -0.15) is 5.10 Å². The number of allylic oxidation sites excluding steroid dienone is 3. The van der Waals surface area contributed by atoms with Crippen molar-refractivity contribution < 1.29 is 9.53 Å². The van der Waals surface area contributed by atoms with Crippen molar-refractivity contribution in [1.29, 1.82) is 0 Å². The maximum Gasteiger partial charge on any atom is 0.359 e. The van der Waals surface area contributed by atoms with Gasteiger partial charge in [0.15, 0.2) is 5.69 Å². The van der Waals surface area contributed by atoms with Crippen LogP contribution in [0, 0.1) is 0 Å². The number of aromatic nitrogens is 2. The zero-order valence-electron chi connectivity index (χ0n) is 14.2. The van der Waals surface area contributed by atoms with E-state index in [1.54, 1.807) is 11.8 Å². The molecule has 128 valence electrons. The molecule has 1 fully saturated rings. The van der Waals surface area contributed by atoms with Crippen molar-refractivity contribution in [2.24, 2.45) is 0 Å². The third kappa shape index (κ3) is 2.97. The molecule has 0 unspecified atom stereocenters. The lowest BCUT2D eigenvalue weighted by atomic mass is 9.94. The van der Waals surface area contributed by atoms with E-state index in [4.69, 9.17) is 9.84 Å². The van der Waals surface area contributed by atoms with Crippen molar-refractivity contribution in [2.45, 2.75) is 50.8 Å². The molecule has 5 heteroatoms. The molecule has 3 rings (SSSR count). The van der Waals surface area contributed by atoms with Gasteiger partial charge in [0.2, 0.25) is 0 Å². The number of ether oxygens (including phenoxy) is 1. The fraction of sp³-hybridized carbons (Fsp3) is 0.474. The van der Waals surface area contributed by atoms with Gasteiger partial charge in [-0.3, -0.25) is 4.68 Å². The Morgan fingerprint density at radius 3 is 2.71 bits per heavy atom. The van der Waals surface area contributed by atoms with Crippen LogP contribution in [0.3, 0.4) is 0 Å². The summed E-state index contributed by atoms with van der Waals surface area (Å²) < 4.78 is 7.30. The molecule has 0 atom stereocenters. The summed E-state index contributed by atoms with van der Waals surface area (Å²) in [6.45, 7) is 10.1. The van der Waals surface area contributed by atoms with Crippen LogP contribution in [0.2, 0.25) is 0 Å². The SMILES string of the molecule is C=CC1=C(C=C)c2c(c(C(=O)OCC)nn2C2CCCCC2)CS1. The van der Waals surface area contributed by atoms with E-state index in [9.17, 15) is 4.79 Å². The van der Waals surface area contributed by atoms with Crippen LogP contribution in [0.15, 0.2) is 30.2 Å². The van der Waals surface area contributed by atoms with Crippen molar-refractivity contribution in [3.8, 4) is 0 Å². The summed E-state index contributed by atoms with van der Waals surface area (Å²) in [6, 6.07) is 0.347. The van der Waals surface area contributed by atoms with Crippen LogP contribution in [0.1, 0.15) is 66.8 Å². The fourth-order valence-electron chi connectivity index (χ4n) is 3.56. The van der Waals surface area contributed by atoms with Crippen LogP contribution in [-0.2, 0) is 10.5 Å². The lowest BCUT2D eigenvalue weighted by molar-refractivity contribution is 0.0517. The maximum absolute atomic E-state index is 12.4. The fourth-order valence-corrected chi connectivity index (χ4v) is 4.58. The minimum Gasteiger partial charge on any atom is -0.461 e. The molecule has 1 saturated carbocycles. The van der Waals surface area contributed by atoms with Crippen LogP contribution in [0.4, 0.5) is 0 Å². The Kier molecular flexibility index (Phi) is 5.29. The highest BCUT2D eigenvalue weighted by Gasteiger charge is 2.32. The molecule has 1 aliphatic carbocycles. The van der Waals surface area contributed by atoms with Gasteiger partial charge in [0.05, 0.1) is 18.3 Å². The summed E-state index contributed by atoms with van der Waals surface area (Å²) in [6.07, 6.45) is 9.65. The minimum absolute atomic E-state index is 0.325. The number of nitrogens with zero attached hydrogens (tertiary/aromatic N) is 2. The number of esters is 1. The third-order valence-corrected chi connectivity index (χ3v) is 5.81. The number of thioether (sulfide) groups is 1. The van der Waals surface area contributed by atoms with Gasteiger partial charge < -0.3 is 4.74 Å². The highest BCUT2D eigenvalue weighted by molar-refractivity contribution is 8.02. The molecule has 0 radical (unpaired) electrons. The van der Waals surface area contributed by atoms with Crippen molar-refractivity contribution in [3.63, 3.8) is 0 Å². The van der Waals surface area contributed by atoms with Crippen molar-refractivity contribution in [1.82, 2.24) is 9.78 Å². The second-order valence-corrected chi connectivity index (χ2v) is 7.12. The summed E-state index contributed by atoms with van der Waals surface area (Å²) in [5.41, 5.74) is 3.51.